The Morgan fingerprint density at radius 1 is 1.29 bits per heavy atom. The second-order valence-corrected chi connectivity index (χ2v) is 4.77. The lowest BCUT2D eigenvalue weighted by atomic mass is 9.74. The van der Waals surface area contributed by atoms with E-state index >= 15 is 0 Å². The Kier molecular flexibility index (Phi) is 2.96. The van der Waals surface area contributed by atoms with E-state index in [-0.39, 0.29) is 5.78 Å². The third-order valence-corrected chi connectivity index (χ3v) is 3.59. The van der Waals surface area contributed by atoms with Crippen molar-refractivity contribution in [3.8, 4) is 5.75 Å². The first kappa shape index (κ1) is 12.1. The lowest BCUT2D eigenvalue weighted by molar-refractivity contribution is -0.140. The second kappa shape index (κ2) is 4.15. The zero-order valence-electron chi connectivity index (χ0n) is 10.8. The maximum atomic E-state index is 11.8. The molecular formula is C14H18O3. The summed E-state index contributed by atoms with van der Waals surface area (Å²) in [4.78, 5) is 11.8. The van der Waals surface area contributed by atoms with Crippen LogP contribution in [0.4, 0.5) is 0 Å². The topological polar surface area (TPSA) is 35.5 Å². The van der Waals surface area contributed by atoms with Gasteiger partial charge in [0, 0.05) is 0 Å². The summed E-state index contributed by atoms with van der Waals surface area (Å²) in [5, 5.41) is 0. The molecule has 1 aromatic carbocycles. The normalized spacial score (nSPS) is 17.4. The first-order chi connectivity index (χ1) is 8.01. The molecule has 2 rings (SSSR count). The van der Waals surface area contributed by atoms with E-state index in [1.54, 1.807) is 14.0 Å². The van der Waals surface area contributed by atoms with E-state index in [1.165, 1.54) is 0 Å². The van der Waals surface area contributed by atoms with Crippen LogP contribution in [0.25, 0.3) is 0 Å². The molecule has 1 heterocycles. The summed E-state index contributed by atoms with van der Waals surface area (Å²) in [5.74, 6) is 1.07. The molecule has 0 aromatic heterocycles. The van der Waals surface area contributed by atoms with E-state index < -0.39 is 5.41 Å². The van der Waals surface area contributed by atoms with Crippen LogP contribution in [0.2, 0.25) is 0 Å². The molecule has 17 heavy (non-hydrogen) atoms. The van der Waals surface area contributed by atoms with E-state index in [4.69, 9.17) is 9.47 Å². The van der Waals surface area contributed by atoms with Crippen LogP contribution < -0.4 is 4.74 Å². The molecule has 0 saturated carbocycles. The van der Waals surface area contributed by atoms with Gasteiger partial charge in [-0.05, 0) is 37.5 Å². The molecule has 1 aliphatic rings. The van der Waals surface area contributed by atoms with E-state index in [0.717, 1.165) is 22.4 Å². The van der Waals surface area contributed by atoms with Gasteiger partial charge in [-0.25, -0.2) is 0 Å². The number of rotatable bonds is 3. The minimum atomic E-state index is -0.429. The standard InChI is InChI=1S/C14H18O3/c1-9-5-12(6-10(2)13(9)16-4)14(11(3)15)7-17-8-14/h5-6H,7-8H2,1-4H3. The van der Waals surface area contributed by atoms with Crippen LogP contribution in [0.1, 0.15) is 23.6 Å². The smallest absolute Gasteiger partial charge is 0.145 e. The third kappa shape index (κ3) is 1.75. The van der Waals surface area contributed by atoms with E-state index in [1.807, 2.05) is 26.0 Å². The Labute approximate surface area is 102 Å². The van der Waals surface area contributed by atoms with Gasteiger partial charge in [-0.2, -0.15) is 0 Å². The van der Waals surface area contributed by atoms with Gasteiger partial charge in [0.2, 0.25) is 0 Å². The Hall–Kier alpha value is -1.35. The van der Waals surface area contributed by atoms with Crippen LogP contribution >= 0.6 is 0 Å². The number of aryl methyl sites for hydroxylation is 2. The van der Waals surface area contributed by atoms with Crippen LogP contribution in [-0.2, 0) is 14.9 Å². The van der Waals surface area contributed by atoms with Gasteiger partial charge in [0.05, 0.1) is 20.3 Å². The molecule has 0 radical (unpaired) electrons. The summed E-state index contributed by atoms with van der Waals surface area (Å²) in [6, 6.07) is 4.07. The molecule has 1 fully saturated rings. The molecule has 0 atom stereocenters. The number of carbonyl (C=O) groups is 1. The van der Waals surface area contributed by atoms with Gasteiger partial charge < -0.3 is 9.47 Å². The molecule has 3 heteroatoms. The van der Waals surface area contributed by atoms with Crippen molar-refractivity contribution in [1.29, 1.82) is 0 Å². The second-order valence-electron chi connectivity index (χ2n) is 4.77. The number of methoxy groups -OCH3 is 1. The van der Waals surface area contributed by atoms with Crippen LogP contribution in [0.15, 0.2) is 12.1 Å². The zero-order chi connectivity index (χ0) is 12.6. The quantitative estimate of drug-likeness (QED) is 0.804. The third-order valence-electron chi connectivity index (χ3n) is 3.59. The molecule has 0 bridgehead atoms. The molecule has 0 N–H and O–H groups in total. The molecule has 0 spiro atoms. The highest BCUT2D eigenvalue weighted by Crippen LogP contribution is 2.37. The number of benzene rings is 1. The summed E-state index contributed by atoms with van der Waals surface area (Å²) in [6.07, 6.45) is 0. The number of carbonyl (C=O) groups excluding carboxylic acids is 1. The minimum Gasteiger partial charge on any atom is -0.496 e. The lowest BCUT2D eigenvalue weighted by Crippen LogP contribution is -2.52. The number of hydrogen-bond acceptors (Lipinski definition) is 3. The summed E-state index contributed by atoms with van der Waals surface area (Å²) in [7, 11) is 1.67. The van der Waals surface area contributed by atoms with Crippen molar-refractivity contribution in [3.05, 3.63) is 28.8 Å². The molecule has 1 saturated heterocycles. The lowest BCUT2D eigenvalue weighted by Gasteiger charge is -2.40. The average Bonchev–Trinajstić information content (AvgIpc) is 2.14. The van der Waals surface area contributed by atoms with E-state index in [0.29, 0.717) is 13.2 Å². The maximum absolute atomic E-state index is 11.8. The Balaban J connectivity index is 2.50. The zero-order valence-corrected chi connectivity index (χ0v) is 10.8. The summed E-state index contributed by atoms with van der Waals surface area (Å²) >= 11 is 0. The highest BCUT2D eigenvalue weighted by molar-refractivity contribution is 5.89. The molecule has 0 amide bonds. The van der Waals surface area contributed by atoms with Crippen LogP contribution in [-0.4, -0.2) is 26.1 Å². The number of ether oxygens (including phenoxy) is 2. The first-order valence-corrected chi connectivity index (χ1v) is 5.76. The highest BCUT2D eigenvalue weighted by Gasteiger charge is 2.45. The van der Waals surface area contributed by atoms with Gasteiger partial charge in [0.25, 0.3) is 0 Å². The van der Waals surface area contributed by atoms with Gasteiger partial charge >= 0.3 is 0 Å². The maximum Gasteiger partial charge on any atom is 0.145 e. The molecule has 1 aromatic rings. The van der Waals surface area contributed by atoms with Gasteiger partial charge in [0.15, 0.2) is 0 Å². The number of hydrogen-bond donors (Lipinski definition) is 0. The van der Waals surface area contributed by atoms with Crippen molar-refractivity contribution in [3.63, 3.8) is 0 Å². The van der Waals surface area contributed by atoms with Crippen molar-refractivity contribution in [2.75, 3.05) is 20.3 Å². The Morgan fingerprint density at radius 2 is 1.82 bits per heavy atom. The van der Waals surface area contributed by atoms with Gasteiger partial charge in [-0.15, -0.1) is 0 Å². The highest BCUT2D eigenvalue weighted by atomic mass is 16.5. The van der Waals surface area contributed by atoms with Crippen molar-refractivity contribution in [2.45, 2.75) is 26.2 Å². The number of Topliss-reactive ketones (excluding diaryl/α,β-unsaturated/α-hetero) is 1. The monoisotopic (exact) mass is 234 g/mol. The van der Waals surface area contributed by atoms with Crippen molar-refractivity contribution in [1.82, 2.24) is 0 Å². The van der Waals surface area contributed by atoms with Crippen LogP contribution in [0, 0.1) is 13.8 Å². The predicted octanol–water partition coefficient (Wildman–Crippen LogP) is 2.17. The van der Waals surface area contributed by atoms with Crippen LogP contribution in [0.5, 0.6) is 5.75 Å². The van der Waals surface area contributed by atoms with Crippen molar-refractivity contribution < 1.29 is 14.3 Å². The fourth-order valence-electron chi connectivity index (χ4n) is 2.43. The fraction of sp³-hybridized carbons (Fsp3) is 0.500. The largest absolute Gasteiger partial charge is 0.496 e. The summed E-state index contributed by atoms with van der Waals surface area (Å²) < 4.78 is 10.6. The van der Waals surface area contributed by atoms with Gasteiger partial charge in [-0.3, -0.25) is 4.79 Å². The van der Waals surface area contributed by atoms with E-state index in [2.05, 4.69) is 0 Å². The van der Waals surface area contributed by atoms with Gasteiger partial charge in [-0.1, -0.05) is 12.1 Å². The average molecular weight is 234 g/mol. The molecule has 0 aliphatic carbocycles. The summed E-state index contributed by atoms with van der Waals surface area (Å²) in [5.41, 5.74) is 2.75. The Bertz CT molecular complexity index is 436. The molecule has 3 nitrogen and oxygen atoms in total. The fourth-order valence-corrected chi connectivity index (χ4v) is 2.43. The molecule has 0 unspecified atom stereocenters. The molecular weight excluding hydrogens is 216 g/mol. The first-order valence-electron chi connectivity index (χ1n) is 5.76. The SMILES string of the molecule is COc1c(C)cc(C2(C(C)=O)COC2)cc1C. The predicted molar refractivity (Wildman–Crippen MR) is 65.6 cm³/mol. The van der Waals surface area contributed by atoms with Gasteiger partial charge in [0.1, 0.15) is 16.9 Å². The van der Waals surface area contributed by atoms with E-state index in [9.17, 15) is 4.79 Å². The van der Waals surface area contributed by atoms with Crippen molar-refractivity contribution >= 4 is 5.78 Å². The summed E-state index contributed by atoms with van der Waals surface area (Å²) in [6.45, 7) is 6.63. The molecule has 1 aliphatic heterocycles. The Morgan fingerprint density at radius 3 is 2.12 bits per heavy atom. The molecule has 92 valence electrons. The minimum absolute atomic E-state index is 0.174. The number of ketones is 1. The van der Waals surface area contributed by atoms with Crippen molar-refractivity contribution in [2.24, 2.45) is 0 Å². The van der Waals surface area contributed by atoms with Crippen LogP contribution in [0.3, 0.4) is 0 Å².